The first-order valence-electron chi connectivity index (χ1n) is 3.40. The SMILES string of the molecule is COc1cccc2nc(F)sc12. The van der Waals surface area contributed by atoms with Crippen molar-refractivity contribution in [1.82, 2.24) is 4.98 Å². The molecule has 1 heterocycles. The summed E-state index contributed by atoms with van der Waals surface area (Å²) in [6.07, 6.45) is 0. The van der Waals surface area contributed by atoms with Crippen molar-refractivity contribution in [1.29, 1.82) is 0 Å². The highest BCUT2D eigenvalue weighted by atomic mass is 32.1. The molecule has 0 unspecified atom stereocenters. The molecule has 62 valence electrons. The Morgan fingerprint density at radius 1 is 1.50 bits per heavy atom. The third kappa shape index (κ3) is 1.04. The maximum absolute atomic E-state index is 12.7. The van der Waals surface area contributed by atoms with Gasteiger partial charge in [-0.1, -0.05) is 17.4 Å². The number of benzene rings is 1. The molecule has 0 atom stereocenters. The van der Waals surface area contributed by atoms with Crippen molar-refractivity contribution in [2.24, 2.45) is 0 Å². The van der Waals surface area contributed by atoms with Crippen LogP contribution in [0, 0.1) is 5.26 Å². The van der Waals surface area contributed by atoms with Gasteiger partial charge in [0.15, 0.2) is 0 Å². The molecule has 0 aliphatic carbocycles. The van der Waals surface area contributed by atoms with Crippen LogP contribution in [0.1, 0.15) is 0 Å². The molecular formula is C8H6FNOS. The van der Waals surface area contributed by atoms with Crippen LogP contribution >= 0.6 is 11.3 Å². The Balaban J connectivity index is 2.78. The second-order valence-corrected chi connectivity index (χ2v) is 3.22. The number of hydrogen-bond acceptors (Lipinski definition) is 3. The van der Waals surface area contributed by atoms with Crippen molar-refractivity contribution < 1.29 is 9.13 Å². The summed E-state index contributed by atoms with van der Waals surface area (Å²) in [7, 11) is 1.56. The maximum Gasteiger partial charge on any atom is 0.270 e. The van der Waals surface area contributed by atoms with E-state index in [1.54, 1.807) is 25.3 Å². The van der Waals surface area contributed by atoms with Crippen molar-refractivity contribution in [3.8, 4) is 5.75 Å². The van der Waals surface area contributed by atoms with Crippen molar-refractivity contribution in [2.75, 3.05) is 7.11 Å². The van der Waals surface area contributed by atoms with Gasteiger partial charge in [0, 0.05) is 0 Å². The summed E-state index contributed by atoms with van der Waals surface area (Å²) in [4.78, 5) is 3.69. The fourth-order valence-corrected chi connectivity index (χ4v) is 1.84. The zero-order chi connectivity index (χ0) is 8.55. The number of fused-ring (bicyclic) bond motifs is 1. The van der Waals surface area contributed by atoms with Crippen LogP contribution in [0.15, 0.2) is 18.2 Å². The van der Waals surface area contributed by atoms with Crippen molar-refractivity contribution in [3.63, 3.8) is 0 Å². The predicted molar refractivity (Wildman–Crippen MR) is 46.1 cm³/mol. The zero-order valence-electron chi connectivity index (χ0n) is 6.37. The summed E-state index contributed by atoms with van der Waals surface area (Å²) < 4.78 is 18.5. The second kappa shape index (κ2) is 2.71. The smallest absolute Gasteiger partial charge is 0.270 e. The predicted octanol–water partition coefficient (Wildman–Crippen LogP) is 2.44. The van der Waals surface area contributed by atoms with Gasteiger partial charge in [0.25, 0.3) is 5.26 Å². The minimum atomic E-state index is -0.422. The molecule has 4 heteroatoms. The second-order valence-electron chi connectivity index (χ2n) is 2.28. The average molecular weight is 183 g/mol. The fourth-order valence-electron chi connectivity index (χ4n) is 1.06. The molecule has 0 fully saturated rings. The molecule has 0 spiro atoms. The largest absolute Gasteiger partial charge is 0.495 e. The Morgan fingerprint density at radius 2 is 2.33 bits per heavy atom. The molecule has 0 bridgehead atoms. The van der Waals surface area contributed by atoms with E-state index in [2.05, 4.69) is 4.98 Å². The molecule has 0 amide bonds. The molecule has 0 aliphatic heterocycles. The molecule has 0 saturated heterocycles. The van der Waals surface area contributed by atoms with Gasteiger partial charge in [-0.25, -0.2) is 4.98 Å². The summed E-state index contributed by atoms with van der Waals surface area (Å²) in [5, 5.41) is -0.422. The molecule has 0 saturated carbocycles. The number of aromatic nitrogens is 1. The minimum Gasteiger partial charge on any atom is -0.495 e. The van der Waals surface area contributed by atoms with Gasteiger partial charge in [0.05, 0.1) is 17.3 Å². The van der Waals surface area contributed by atoms with Crippen LogP contribution in [0.2, 0.25) is 0 Å². The van der Waals surface area contributed by atoms with Gasteiger partial charge in [0.1, 0.15) is 5.75 Å². The van der Waals surface area contributed by atoms with E-state index in [0.717, 1.165) is 16.0 Å². The van der Waals surface area contributed by atoms with E-state index >= 15 is 0 Å². The quantitative estimate of drug-likeness (QED) is 0.677. The summed E-state index contributed by atoms with van der Waals surface area (Å²) in [6.45, 7) is 0. The number of nitrogens with zero attached hydrogens (tertiary/aromatic N) is 1. The van der Waals surface area contributed by atoms with Gasteiger partial charge in [-0.2, -0.15) is 4.39 Å². The van der Waals surface area contributed by atoms with Gasteiger partial charge in [-0.15, -0.1) is 0 Å². The van der Waals surface area contributed by atoms with Crippen LogP contribution < -0.4 is 4.74 Å². The minimum absolute atomic E-state index is 0.422. The molecule has 12 heavy (non-hydrogen) atoms. The fraction of sp³-hybridized carbons (Fsp3) is 0.125. The topological polar surface area (TPSA) is 22.1 Å². The van der Waals surface area contributed by atoms with Crippen LogP contribution in [0.3, 0.4) is 0 Å². The van der Waals surface area contributed by atoms with Gasteiger partial charge in [-0.3, -0.25) is 0 Å². The first-order valence-corrected chi connectivity index (χ1v) is 4.22. The lowest BCUT2D eigenvalue weighted by atomic mass is 10.3. The Kier molecular flexibility index (Phi) is 1.69. The van der Waals surface area contributed by atoms with E-state index in [1.165, 1.54) is 0 Å². The van der Waals surface area contributed by atoms with Gasteiger partial charge in [0.2, 0.25) is 0 Å². The summed E-state index contributed by atoms with van der Waals surface area (Å²) >= 11 is 1.00. The van der Waals surface area contributed by atoms with Crippen LogP contribution in [0.5, 0.6) is 5.75 Å². The highest BCUT2D eigenvalue weighted by molar-refractivity contribution is 7.17. The first-order chi connectivity index (χ1) is 5.81. The maximum atomic E-state index is 12.7. The van der Waals surface area contributed by atoms with Gasteiger partial charge in [-0.05, 0) is 12.1 Å². The van der Waals surface area contributed by atoms with Crippen LogP contribution in [0.25, 0.3) is 10.2 Å². The van der Waals surface area contributed by atoms with Crippen molar-refractivity contribution >= 4 is 21.6 Å². The number of ether oxygens (including phenoxy) is 1. The molecule has 1 aromatic carbocycles. The van der Waals surface area contributed by atoms with Crippen LogP contribution in [-0.4, -0.2) is 12.1 Å². The van der Waals surface area contributed by atoms with Crippen LogP contribution in [-0.2, 0) is 0 Å². The third-order valence-electron chi connectivity index (χ3n) is 1.57. The Bertz CT molecular complexity index is 412. The summed E-state index contributed by atoms with van der Waals surface area (Å²) in [5.41, 5.74) is 0.650. The molecule has 0 radical (unpaired) electrons. The monoisotopic (exact) mass is 183 g/mol. The first kappa shape index (κ1) is 7.49. The molecule has 2 nitrogen and oxygen atoms in total. The lowest BCUT2D eigenvalue weighted by molar-refractivity contribution is 0.420. The average Bonchev–Trinajstić information content (AvgIpc) is 2.44. The summed E-state index contributed by atoms with van der Waals surface area (Å²) in [6, 6.07) is 5.34. The van der Waals surface area contributed by atoms with Gasteiger partial charge < -0.3 is 4.74 Å². The van der Waals surface area contributed by atoms with E-state index in [4.69, 9.17) is 4.74 Å². The molecule has 1 aromatic heterocycles. The highest BCUT2D eigenvalue weighted by Gasteiger charge is 2.06. The third-order valence-corrected chi connectivity index (χ3v) is 2.45. The zero-order valence-corrected chi connectivity index (χ0v) is 7.19. The van der Waals surface area contributed by atoms with E-state index in [9.17, 15) is 4.39 Å². The van der Waals surface area contributed by atoms with Crippen molar-refractivity contribution in [2.45, 2.75) is 0 Å². The van der Waals surface area contributed by atoms with E-state index in [0.29, 0.717) is 11.3 Å². The van der Waals surface area contributed by atoms with Crippen molar-refractivity contribution in [3.05, 3.63) is 23.5 Å². The summed E-state index contributed by atoms with van der Waals surface area (Å²) in [5.74, 6) is 0.675. The lowest BCUT2D eigenvalue weighted by Gasteiger charge is -1.97. The highest BCUT2D eigenvalue weighted by Crippen LogP contribution is 2.29. The molecule has 2 aromatic rings. The lowest BCUT2D eigenvalue weighted by Crippen LogP contribution is -1.81. The van der Waals surface area contributed by atoms with E-state index < -0.39 is 5.26 Å². The number of thiazole rings is 1. The number of rotatable bonds is 1. The normalized spacial score (nSPS) is 10.5. The molecular weight excluding hydrogens is 177 g/mol. The van der Waals surface area contributed by atoms with E-state index in [-0.39, 0.29) is 0 Å². The Morgan fingerprint density at radius 3 is 3.08 bits per heavy atom. The standard InChI is InChI=1S/C8H6FNOS/c1-11-6-4-2-3-5-7(6)12-8(9)10-5/h2-4H,1H3. The Hall–Kier alpha value is -1.16. The molecule has 0 N–H and O–H groups in total. The van der Waals surface area contributed by atoms with Gasteiger partial charge >= 0.3 is 0 Å². The number of hydrogen-bond donors (Lipinski definition) is 0. The number of halogens is 1. The molecule has 0 aliphatic rings. The van der Waals surface area contributed by atoms with Crippen LogP contribution in [0.4, 0.5) is 4.39 Å². The Labute approximate surface area is 72.6 Å². The number of methoxy groups -OCH3 is 1. The van der Waals surface area contributed by atoms with E-state index in [1.807, 2.05) is 0 Å². The molecule has 2 rings (SSSR count).